The van der Waals surface area contributed by atoms with E-state index in [0.717, 1.165) is 35.4 Å². The van der Waals surface area contributed by atoms with E-state index in [9.17, 15) is 0 Å². The van der Waals surface area contributed by atoms with E-state index >= 15 is 0 Å². The summed E-state index contributed by atoms with van der Waals surface area (Å²) in [5.74, 6) is 1.14. The summed E-state index contributed by atoms with van der Waals surface area (Å²) in [6, 6.07) is 4.43. The Morgan fingerprint density at radius 3 is 2.78 bits per heavy atom. The minimum absolute atomic E-state index is 0.202. The molecular weight excluding hydrogens is 224 g/mol. The quantitative estimate of drug-likeness (QED) is 0.836. The van der Waals surface area contributed by atoms with Gasteiger partial charge in [-0.15, -0.1) is 0 Å². The Morgan fingerprint density at radius 2 is 2.00 bits per heavy atom. The van der Waals surface area contributed by atoms with Crippen molar-refractivity contribution in [2.24, 2.45) is 5.73 Å². The number of aryl methyl sites for hydroxylation is 2. The highest BCUT2D eigenvalue weighted by atomic mass is 16.3. The molecule has 18 heavy (non-hydrogen) atoms. The van der Waals surface area contributed by atoms with Crippen molar-refractivity contribution in [1.82, 2.24) is 4.98 Å². The van der Waals surface area contributed by atoms with Crippen LogP contribution in [0.2, 0.25) is 0 Å². The molecule has 1 aliphatic carbocycles. The molecule has 1 aliphatic rings. The van der Waals surface area contributed by atoms with Crippen LogP contribution in [0.25, 0.3) is 11.1 Å². The summed E-state index contributed by atoms with van der Waals surface area (Å²) in [6.45, 7) is 4.16. The van der Waals surface area contributed by atoms with Crippen LogP contribution in [0.15, 0.2) is 16.5 Å². The molecule has 0 bridgehead atoms. The van der Waals surface area contributed by atoms with Gasteiger partial charge in [0.25, 0.3) is 0 Å². The molecule has 2 atom stereocenters. The summed E-state index contributed by atoms with van der Waals surface area (Å²) >= 11 is 0. The van der Waals surface area contributed by atoms with Crippen molar-refractivity contribution in [3.8, 4) is 0 Å². The molecular formula is C15H20N2O. The third-order valence-electron chi connectivity index (χ3n) is 3.97. The van der Waals surface area contributed by atoms with Crippen LogP contribution in [0.3, 0.4) is 0 Å². The Bertz CT molecular complexity index is 573. The zero-order chi connectivity index (χ0) is 12.7. The lowest BCUT2D eigenvalue weighted by atomic mass is 9.85. The van der Waals surface area contributed by atoms with Gasteiger partial charge < -0.3 is 10.2 Å². The average Bonchev–Trinajstić information content (AvgIpc) is 2.73. The monoisotopic (exact) mass is 244 g/mol. The van der Waals surface area contributed by atoms with Crippen LogP contribution in [0.4, 0.5) is 0 Å². The highest BCUT2D eigenvalue weighted by Gasteiger charge is 2.27. The second-order valence-electron chi connectivity index (χ2n) is 5.54. The topological polar surface area (TPSA) is 52.0 Å². The fraction of sp³-hybridized carbons (Fsp3) is 0.533. The maximum absolute atomic E-state index is 6.20. The summed E-state index contributed by atoms with van der Waals surface area (Å²) in [4.78, 5) is 4.66. The molecule has 1 aromatic heterocycles. The van der Waals surface area contributed by atoms with Crippen LogP contribution < -0.4 is 5.73 Å². The Labute approximate surface area is 107 Å². The van der Waals surface area contributed by atoms with Crippen LogP contribution in [0.5, 0.6) is 0 Å². The Hall–Kier alpha value is -1.35. The van der Waals surface area contributed by atoms with Crippen LogP contribution in [-0.4, -0.2) is 11.0 Å². The first-order valence-corrected chi connectivity index (χ1v) is 6.78. The van der Waals surface area contributed by atoms with Crippen LogP contribution in [-0.2, 0) is 0 Å². The summed E-state index contributed by atoms with van der Waals surface area (Å²) in [5.41, 5.74) is 10.5. The number of nitrogens with zero attached hydrogens (tertiary/aromatic N) is 1. The maximum atomic E-state index is 6.20. The number of oxazole rings is 1. The molecule has 0 spiro atoms. The SMILES string of the molecule is Cc1cc(C)c2oc(C3CCCCC3N)nc2c1. The summed E-state index contributed by atoms with van der Waals surface area (Å²) < 4.78 is 5.97. The molecule has 0 radical (unpaired) electrons. The second kappa shape index (κ2) is 4.39. The summed E-state index contributed by atoms with van der Waals surface area (Å²) in [6.07, 6.45) is 4.65. The molecule has 0 saturated heterocycles. The van der Waals surface area contributed by atoms with E-state index in [1.807, 2.05) is 0 Å². The zero-order valence-electron chi connectivity index (χ0n) is 11.1. The van der Waals surface area contributed by atoms with Gasteiger partial charge in [-0.05, 0) is 43.9 Å². The molecule has 3 heteroatoms. The zero-order valence-corrected chi connectivity index (χ0v) is 11.1. The van der Waals surface area contributed by atoms with Crippen molar-refractivity contribution in [2.75, 3.05) is 0 Å². The van der Waals surface area contributed by atoms with E-state index in [4.69, 9.17) is 10.2 Å². The van der Waals surface area contributed by atoms with Gasteiger partial charge in [0.2, 0.25) is 0 Å². The maximum Gasteiger partial charge on any atom is 0.200 e. The number of nitrogens with two attached hydrogens (primary N) is 1. The molecule has 2 unspecified atom stereocenters. The van der Waals surface area contributed by atoms with E-state index in [1.165, 1.54) is 18.4 Å². The molecule has 3 rings (SSSR count). The Morgan fingerprint density at radius 1 is 1.22 bits per heavy atom. The molecule has 96 valence electrons. The highest BCUT2D eigenvalue weighted by Crippen LogP contribution is 2.34. The largest absolute Gasteiger partial charge is 0.440 e. The number of aromatic nitrogens is 1. The molecule has 2 aromatic rings. The van der Waals surface area contributed by atoms with E-state index in [0.29, 0.717) is 5.92 Å². The average molecular weight is 244 g/mol. The second-order valence-corrected chi connectivity index (χ2v) is 5.54. The number of hydrogen-bond acceptors (Lipinski definition) is 3. The number of benzene rings is 1. The van der Waals surface area contributed by atoms with E-state index in [1.54, 1.807) is 0 Å². The van der Waals surface area contributed by atoms with Crippen LogP contribution >= 0.6 is 0 Å². The summed E-state index contributed by atoms with van der Waals surface area (Å²) in [7, 11) is 0. The van der Waals surface area contributed by atoms with Gasteiger partial charge in [-0.25, -0.2) is 4.98 Å². The van der Waals surface area contributed by atoms with Gasteiger partial charge in [0.05, 0.1) is 5.92 Å². The van der Waals surface area contributed by atoms with Gasteiger partial charge >= 0.3 is 0 Å². The predicted molar refractivity (Wildman–Crippen MR) is 72.7 cm³/mol. The molecule has 1 fully saturated rings. The van der Waals surface area contributed by atoms with E-state index in [-0.39, 0.29) is 6.04 Å². The molecule has 0 aliphatic heterocycles. The van der Waals surface area contributed by atoms with Crippen molar-refractivity contribution in [3.63, 3.8) is 0 Å². The third-order valence-corrected chi connectivity index (χ3v) is 3.97. The Kier molecular flexibility index (Phi) is 2.86. The van der Waals surface area contributed by atoms with Gasteiger partial charge in [-0.1, -0.05) is 18.9 Å². The van der Waals surface area contributed by atoms with Crippen LogP contribution in [0.1, 0.15) is 48.6 Å². The van der Waals surface area contributed by atoms with Crippen molar-refractivity contribution >= 4 is 11.1 Å². The lowest BCUT2D eigenvalue weighted by molar-refractivity contribution is 0.332. The minimum Gasteiger partial charge on any atom is -0.440 e. The molecule has 0 amide bonds. The van der Waals surface area contributed by atoms with E-state index < -0.39 is 0 Å². The highest BCUT2D eigenvalue weighted by molar-refractivity contribution is 5.77. The number of rotatable bonds is 1. The first-order chi connectivity index (χ1) is 8.65. The van der Waals surface area contributed by atoms with Crippen molar-refractivity contribution in [3.05, 3.63) is 29.2 Å². The number of hydrogen-bond donors (Lipinski definition) is 1. The predicted octanol–water partition coefficient (Wildman–Crippen LogP) is 3.43. The molecule has 1 saturated carbocycles. The summed E-state index contributed by atoms with van der Waals surface area (Å²) in [5, 5.41) is 0. The van der Waals surface area contributed by atoms with Crippen molar-refractivity contribution in [2.45, 2.75) is 51.5 Å². The van der Waals surface area contributed by atoms with Crippen molar-refractivity contribution < 1.29 is 4.42 Å². The smallest absolute Gasteiger partial charge is 0.200 e. The fourth-order valence-corrected chi connectivity index (χ4v) is 3.02. The van der Waals surface area contributed by atoms with Gasteiger partial charge in [0, 0.05) is 6.04 Å². The van der Waals surface area contributed by atoms with Gasteiger partial charge in [-0.2, -0.15) is 0 Å². The molecule has 3 nitrogen and oxygen atoms in total. The Balaban J connectivity index is 2.05. The lowest BCUT2D eigenvalue weighted by Gasteiger charge is -2.25. The van der Waals surface area contributed by atoms with Gasteiger partial charge in [0.15, 0.2) is 11.5 Å². The molecule has 2 N–H and O–H groups in total. The number of fused-ring (bicyclic) bond motifs is 1. The normalized spacial score (nSPS) is 24.6. The lowest BCUT2D eigenvalue weighted by Crippen LogP contribution is -2.31. The first-order valence-electron chi connectivity index (χ1n) is 6.78. The van der Waals surface area contributed by atoms with Gasteiger partial charge in [0.1, 0.15) is 5.52 Å². The molecule has 1 heterocycles. The first kappa shape index (κ1) is 11.7. The third kappa shape index (κ3) is 1.93. The van der Waals surface area contributed by atoms with Gasteiger partial charge in [-0.3, -0.25) is 0 Å². The van der Waals surface area contributed by atoms with Crippen molar-refractivity contribution in [1.29, 1.82) is 0 Å². The molecule has 1 aromatic carbocycles. The minimum atomic E-state index is 0.202. The van der Waals surface area contributed by atoms with E-state index in [2.05, 4.69) is 31.0 Å². The van der Waals surface area contributed by atoms with Crippen LogP contribution in [0, 0.1) is 13.8 Å². The fourth-order valence-electron chi connectivity index (χ4n) is 3.02. The standard InChI is InChI=1S/C15H20N2O/c1-9-7-10(2)14-13(8-9)17-15(18-14)11-5-3-4-6-12(11)16/h7-8,11-12H,3-6,16H2,1-2H3.